The van der Waals surface area contributed by atoms with Gasteiger partial charge in [-0.3, -0.25) is 0 Å². The summed E-state index contributed by atoms with van der Waals surface area (Å²) in [5, 5.41) is 9.01. The molecule has 9 heavy (non-hydrogen) atoms. The third-order valence-corrected chi connectivity index (χ3v) is 2.41. The molecule has 0 spiro atoms. The Labute approximate surface area is 65.4 Å². The van der Waals surface area contributed by atoms with Crippen LogP contribution in [0.4, 0.5) is 0 Å². The van der Waals surface area contributed by atoms with Crippen LogP contribution in [0.2, 0.25) is 0 Å². The van der Waals surface area contributed by atoms with E-state index in [4.69, 9.17) is 5.11 Å². The summed E-state index contributed by atoms with van der Waals surface area (Å²) in [6.45, 7) is 2.02. The largest absolute Gasteiger partial charge is 0.348 e. The van der Waals surface area contributed by atoms with E-state index in [-0.39, 0.29) is 0 Å². The van der Waals surface area contributed by atoms with Gasteiger partial charge in [-0.25, -0.2) is 0 Å². The van der Waals surface area contributed by atoms with Crippen LogP contribution >= 0.6 is 24.4 Å². The highest BCUT2D eigenvalue weighted by Gasteiger charge is 2.20. The van der Waals surface area contributed by atoms with Gasteiger partial charge in [0, 0.05) is 7.11 Å². The van der Waals surface area contributed by atoms with Gasteiger partial charge in [0.1, 0.15) is 0 Å². The second kappa shape index (κ2) is 4.44. The van der Waals surface area contributed by atoms with Crippen LogP contribution < -0.4 is 0 Å². The molecule has 0 saturated heterocycles. The van der Waals surface area contributed by atoms with Crippen LogP contribution in [-0.4, -0.2) is 22.4 Å². The van der Waals surface area contributed by atoms with E-state index < -0.39 is 4.45 Å². The molecule has 0 aromatic carbocycles. The molecule has 2 nitrogen and oxygen atoms in total. The van der Waals surface area contributed by atoms with Gasteiger partial charge in [0.25, 0.3) is 4.45 Å². The van der Waals surface area contributed by atoms with Crippen molar-refractivity contribution >= 4 is 24.4 Å². The first-order valence-corrected chi connectivity index (χ1v) is 4.13. The van der Waals surface area contributed by atoms with Crippen molar-refractivity contribution in [1.82, 2.24) is 0 Å². The van der Waals surface area contributed by atoms with Gasteiger partial charge < -0.3 is 9.84 Å². The summed E-state index contributed by atoms with van der Waals surface area (Å²) in [6, 6.07) is 0. The fraction of sp³-hybridized carbons (Fsp3) is 1.00. The number of rotatable bonds is 4. The van der Waals surface area contributed by atoms with E-state index in [0.717, 1.165) is 12.2 Å². The van der Waals surface area contributed by atoms with Crippen LogP contribution in [0.15, 0.2) is 0 Å². The standard InChI is InChI=1S/C5H11O2S2/c1-3-4-9-5(6,8)7-2/h6H,3-4H2,1-2H3. The average Bonchev–Trinajstić information content (AvgIpc) is 1.84. The first-order valence-electron chi connectivity index (χ1n) is 2.74. The predicted octanol–water partition coefficient (Wildman–Crippen LogP) is 1.58. The third-order valence-electron chi connectivity index (χ3n) is 0.747. The molecule has 1 N–H and O–H groups in total. The van der Waals surface area contributed by atoms with Crippen LogP contribution in [0, 0.1) is 0 Å². The Balaban J connectivity index is 3.33. The Hall–Kier alpha value is 0.620. The van der Waals surface area contributed by atoms with Crippen molar-refractivity contribution in [2.24, 2.45) is 0 Å². The topological polar surface area (TPSA) is 29.5 Å². The molecular weight excluding hydrogens is 156 g/mol. The molecule has 55 valence electrons. The summed E-state index contributed by atoms with van der Waals surface area (Å²) in [5.41, 5.74) is 0. The van der Waals surface area contributed by atoms with Crippen LogP contribution in [0.25, 0.3) is 0 Å². The number of aliphatic hydroxyl groups is 1. The fourth-order valence-corrected chi connectivity index (χ4v) is 1.12. The molecular formula is C5H11O2S2. The Bertz CT molecular complexity index is 75.4. The molecule has 1 radical (unpaired) electrons. The molecule has 1 atom stereocenters. The molecule has 0 amide bonds. The molecule has 0 aromatic rings. The fourth-order valence-electron chi connectivity index (χ4n) is 0.290. The van der Waals surface area contributed by atoms with E-state index in [1.165, 1.54) is 18.9 Å². The Kier molecular flexibility index (Phi) is 4.74. The zero-order valence-corrected chi connectivity index (χ0v) is 7.22. The van der Waals surface area contributed by atoms with Crippen LogP contribution in [-0.2, 0) is 4.74 Å². The van der Waals surface area contributed by atoms with E-state index in [0.29, 0.717) is 0 Å². The van der Waals surface area contributed by atoms with E-state index >= 15 is 0 Å². The molecule has 0 aromatic heterocycles. The van der Waals surface area contributed by atoms with Gasteiger partial charge in [-0.05, 0) is 24.8 Å². The summed E-state index contributed by atoms with van der Waals surface area (Å²) < 4.78 is 3.17. The smallest absolute Gasteiger partial charge is 0.277 e. The Morgan fingerprint density at radius 2 is 2.33 bits per heavy atom. The summed E-state index contributed by atoms with van der Waals surface area (Å²) in [5.74, 6) is 0.827. The summed E-state index contributed by atoms with van der Waals surface area (Å²) in [6.07, 6.45) is 0.993. The van der Waals surface area contributed by atoms with Crippen molar-refractivity contribution in [3.8, 4) is 0 Å². The van der Waals surface area contributed by atoms with Gasteiger partial charge in [0.15, 0.2) is 0 Å². The molecule has 0 bridgehead atoms. The van der Waals surface area contributed by atoms with Gasteiger partial charge in [-0.1, -0.05) is 18.7 Å². The maximum atomic E-state index is 9.01. The first-order chi connectivity index (χ1) is 4.12. The molecule has 4 heteroatoms. The zero-order chi connectivity index (χ0) is 7.33. The molecule has 0 rings (SSSR count). The van der Waals surface area contributed by atoms with Crippen LogP contribution in [0.1, 0.15) is 13.3 Å². The number of methoxy groups -OCH3 is 1. The second-order valence-electron chi connectivity index (χ2n) is 1.58. The van der Waals surface area contributed by atoms with Gasteiger partial charge >= 0.3 is 0 Å². The van der Waals surface area contributed by atoms with Crippen molar-refractivity contribution < 1.29 is 9.84 Å². The maximum Gasteiger partial charge on any atom is 0.277 e. The number of hydrogen-bond donors (Lipinski definition) is 1. The third kappa shape index (κ3) is 5.08. The highest BCUT2D eigenvalue weighted by Crippen LogP contribution is 2.26. The van der Waals surface area contributed by atoms with E-state index in [2.05, 4.69) is 17.4 Å². The number of thioether (sulfide) groups is 1. The Morgan fingerprint density at radius 1 is 1.78 bits per heavy atom. The minimum Gasteiger partial charge on any atom is -0.348 e. The zero-order valence-electron chi connectivity index (χ0n) is 5.59. The van der Waals surface area contributed by atoms with Crippen LogP contribution in [0.5, 0.6) is 0 Å². The highest BCUT2D eigenvalue weighted by molar-refractivity contribution is 8.10. The first kappa shape index (κ1) is 9.62. The van der Waals surface area contributed by atoms with Gasteiger partial charge in [-0.2, -0.15) is 0 Å². The van der Waals surface area contributed by atoms with Gasteiger partial charge in [0.05, 0.1) is 0 Å². The molecule has 1 unspecified atom stereocenters. The molecule has 0 saturated carbocycles. The number of hydrogen-bond acceptors (Lipinski definition) is 3. The SMILES string of the molecule is CCCSC(O)([S])OC. The van der Waals surface area contributed by atoms with Crippen molar-refractivity contribution in [1.29, 1.82) is 0 Å². The number of ether oxygens (including phenoxy) is 1. The molecule has 0 aliphatic carbocycles. The van der Waals surface area contributed by atoms with E-state index in [1.807, 2.05) is 6.92 Å². The predicted molar refractivity (Wildman–Crippen MR) is 42.3 cm³/mol. The second-order valence-corrected chi connectivity index (χ2v) is 3.64. The summed E-state index contributed by atoms with van der Waals surface area (Å²) >= 11 is 5.83. The lowest BCUT2D eigenvalue weighted by Crippen LogP contribution is -2.18. The van der Waals surface area contributed by atoms with Crippen molar-refractivity contribution in [2.45, 2.75) is 17.8 Å². The molecule has 0 fully saturated rings. The van der Waals surface area contributed by atoms with E-state index in [1.54, 1.807) is 0 Å². The van der Waals surface area contributed by atoms with Crippen molar-refractivity contribution in [3.63, 3.8) is 0 Å². The lowest BCUT2D eigenvalue weighted by atomic mass is 10.6. The van der Waals surface area contributed by atoms with Gasteiger partial charge in [-0.15, -0.1) is 0 Å². The van der Waals surface area contributed by atoms with Crippen molar-refractivity contribution in [3.05, 3.63) is 0 Å². The highest BCUT2D eigenvalue weighted by atomic mass is 32.2. The lowest BCUT2D eigenvalue weighted by Gasteiger charge is -2.16. The average molecular weight is 167 g/mol. The minimum atomic E-state index is -1.41. The summed E-state index contributed by atoms with van der Waals surface area (Å²) in [7, 11) is 1.40. The molecule has 0 heterocycles. The lowest BCUT2D eigenvalue weighted by molar-refractivity contribution is -0.0300. The maximum absolute atomic E-state index is 9.01. The van der Waals surface area contributed by atoms with E-state index in [9.17, 15) is 0 Å². The normalized spacial score (nSPS) is 17.3. The summed E-state index contributed by atoms with van der Waals surface area (Å²) in [4.78, 5) is 0. The molecule has 0 aliphatic rings. The molecule has 0 aliphatic heterocycles. The Morgan fingerprint density at radius 3 is 2.67 bits per heavy atom. The van der Waals surface area contributed by atoms with Gasteiger partial charge in [0.2, 0.25) is 0 Å². The quantitative estimate of drug-likeness (QED) is 0.645. The minimum absolute atomic E-state index is 0.827. The monoisotopic (exact) mass is 167 g/mol. The van der Waals surface area contributed by atoms with Crippen molar-refractivity contribution in [2.75, 3.05) is 12.9 Å². The van der Waals surface area contributed by atoms with Crippen LogP contribution in [0.3, 0.4) is 0 Å².